The number of amides is 4. The van der Waals surface area contributed by atoms with Crippen LogP contribution in [-0.4, -0.2) is 103 Å². The number of nitriles is 1. The number of ether oxygens (including phenoxy) is 1. The van der Waals surface area contributed by atoms with Gasteiger partial charge in [0.15, 0.2) is 5.50 Å². The van der Waals surface area contributed by atoms with Crippen molar-refractivity contribution in [3.63, 3.8) is 0 Å². The minimum atomic E-state index is -4.81. The quantitative estimate of drug-likeness (QED) is 0.103. The molecule has 3 fully saturated rings. The molecular formula is C41H46F4N8O5S. The highest BCUT2D eigenvalue weighted by molar-refractivity contribution is 7.81. The number of alkyl halides is 4. The predicted octanol–water partition coefficient (Wildman–Crippen LogP) is 5.17. The van der Waals surface area contributed by atoms with E-state index in [1.54, 1.807) is 67.3 Å². The zero-order valence-corrected chi connectivity index (χ0v) is 33.7. The van der Waals surface area contributed by atoms with E-state index in [1.807, 2.05) is 6.92 Å². The number of hydrogen-bond acceptors (Lipinski definition) is 11. The highest BCUT2D eigenvalue weighted by Gasteiger charge is 2.52. The van der Waals surface area contributed by atoms with Gasteiger partial charge in [-0.3, -0.25) is 43.6 Å². The van der Waals surface area contributed by atoms with E-state index in [4.69, 9.17) is 4.74 Å². The first-order chi connectivity index (χ1) is 28.0. The van der Waals surface area contributed by atoms with Crippen LogP contribution in [0, 0.1) is 11.3 Å². The third-order valence-corrected chi connectivity index (χ3v) is 11.2. The van der Waals surface area contributed by atoms with Gasteiger partial charge in [-0.1, -0.05) is 6.07 Å². The summed E-state index contributed by atoms with van der Waals surface area (Å²) in [7, 11) is 0. The van der Waals surface area contributed by atoms with Crippen LogP contribution in [0.4, 0.5) is 40.3 Å². The summed E-state index contributed by atoms with van der Waals surface area (Å²) in [5.41, 5.74) is -1.80. The van der Waals surface area contributed by atoms with Crippen molar-refractivity contribution in [3.8, 4) is 11.8 Å². The number of halogens is 4. The fourth-order valence-electron chi connectivity index (χ4n) is 7.68. The number of carbonyl (C=O) groups is 4. The molecule has 0 aromatic heterocycles. The number of benzene rings is 3. The first kappa shape index (κ1) is 43.2. The van der Waals surface area contributed by atoms with Gasteiger partial charge in [-0.05, 0) is 87.4 Å². The van der Waals surface area contributed by atoms with E-state index >= 15 is 0 Å². The molecule has 3 aliphatic heterocycles. The average molecular weight is 839 g/mol. The molecule has 18 heteroatoms. The van der Waals surface area contributed by atoms with Crippen LogP contribution >= 0.6 is 12.6 Å². The molecule has 6 rings (SSSR count). The van der Waals surface area contributed by atoms with Gasteiger partial charge >= 0.3 is 6.18 Å². The van der Waals surface area contributed by atoms with Crippen LogP contribution in [0.3, 0.4) is 0 Å². The van der Waals surface area contributed by atoms with E-state index in [-0.39, 0.29) is 48.8 Å². The summed E-state index contributed by atoms with van der Waals surface area (Å²) in [6.07, 6.45) is -4.15. The Bertz CT molecular complexity index is 2130. The second kappa shape index (κ2) is 17.9. The van der Waals surface area contributed by atoms with Crippen molar-refractivity contribution < 1.29 is 41.5 Å². The van der Waals surface area contributed by atoms with E-state index < -0.39 is 47.0 Å². The Morgan fingerprint density at radius 2 is 1.80 bits per heavy atom. The zero-order valence-electron chi connectivity index (χ0n) is 32.8. The minimum Gasteiger partial charge on any atom is -0.492 e. The molecule has 0 spiro atoms. The highest BCUT2D eigenvalue weighted by atomic mass is 32.1. The fourth-order valence-corrected chi connectivity index (χ4v) is 8.34. The summed E-state index contributed by atoms with van der Waals surface area (Å²) < 4.78 is 61.4. The van der Waals surface area contributed by atoms with Crippen molar-refractivity contribution in [1.82, 2.24) is 15.1 Å². The number of anilines is 4. The topological polar surface area (TPSA) is 150 Å². The number of piperazine rings is 1. The lowest BCUT2D eigenvalue weighted by Gasteiger charge is -2.39. The van der Waals surface area contributed by atoms with E-state index in [9.17, 15) is 42.0 Å². The number of rotatable bonds is 13. The van der Waals surface area contributed by atoms with Gasteiger partial charge < -0.3 is 20.3 Å². The largest absolute Gasteiger partial charge is 0.492 e. The van der Waals surface area contributed by atoms with Crippen LogP contribution in [0.5, 0.6) is 5.75 Å². The van der Waals surface area contributed by atoms with Gasteiger partial charge in [-0.15, -0.1) is 12.6 Å². The lowest BCUT2D eigenvalue weighted by atomic mass is 10.0. The maximum atomic E-state index is 13.8. The van der Waals surface area contributed by atoms with Crippen molar-refractivity contribution in [2.75, 3.05) is 66.4 Å². The van der Waals surface area contributed by atoms with Gasteiger partial charge in [0.1, 0.15) is 23.9 Å². The second-order valence-electron chi connectivity index (χ2n) is 15.3. The van der Waals surface area contributed by atoms with Gasteiger partial charge in [0.05, 0.1) is 30.4 Å². The summed E-state index contributed by atoms with van der Waals surface area (Å²) in [4.78, 5) is 57.5. The lowest BCUT2D eigenvalue weighted by molar-refractivity contribution is -0.138. The van der Waals surface area contributed by atoms with Crippen LogP contribution in [0.1, 0.15) is 50.3 Å². The van der Waals surface area contributed by atoms with Gasteiger partial charge in [0.2, 0.25) is 17.7 Å². The summed E-state index contributed by atoms with van der Waals surface area (Å²) in [5, 5.41) is 17.6. The number of imide groups is 1. The Morgan fingerprint density at radius 3 is 2.49 bits per heavy atom. The Morgan fingerprint density at radius 1 is 1.05 bits per heavy atom. The first-order valence-corrected chi connectivity index (χ1v) is 19.7. The molecule has 13 nitrogen and oxygen atoms in total. The van der Waals surface area contributed by atoms with Crippen molar-refractivity contribution in [1.29, 1.82) is 5.26 Å². The molecule has 4 amide bonds. The molecule has 3 aliphatic rings. The number of thiol groups is 1. The molecule has 3 N–H and O–H groups in total. The molecule has 1 unspecified atom stereocenters. The molecular weight excluding hydrogens is 793 g/mol. The number of nitrogens with zero attached hydrogens (tertiary/aromatic N) is 5. The molecule has 0 radical (unpaired) electrons. The van der Waals surface area contributed by atoms with E-state index in [1.165, 1.54) is 6.07 Å². The second-order valence-corrected chi connectivity index (χ2v) is 15.7. The SMILES string of the molecule is C[C@@H]1CN(CCOc2ccc(N3[C@@H](S)N(c4ccc(C#N)c(C(F)(F)F)c4)C(=O)C3(C)C)cc2CCF)CCN1CC(=O)Nc1cccc(NC2CCC(=O)NC2=O)c1. The number of hydrogen-bond donors (Lipinski definition) is 4. The Kier molecular flexibility index (Phi) is 13.1. The van der Waals surface area contributed by atoms with Gasteiger partial charge in [0, 0.05) is 67.8 Å². The molecule has 3 atom stereocenters. The lowest BCUT2D eigenvalue weighted by Crippen LogP contribution is -2.54. The van der Waals surface area contributed by atoms with Crippen LogP contribution in [-0.2, 0) is 31.8 Å². The first-order valence-electron chi connectivity index (χ1n) is 19.2. The van der Waals surface area contributed by atoms with Crippen LogP contribution in [0.2, 0.25) is 0 Å². The predicted molar refractivity (Wildman–Crippen MR) is 217 cm³/mol. The summed E-state index contributed by atoms with van der Waals surface area (Å²) >= 11 is 4.67. The molecule has 59 heavy (non-hydrogen) atoms. The molecule has 0 aliphatic carbocycles. The van der Waals surface area contributed by atoms with Crippen LogP contribution < -0.4 is 30.5 Å². The minimum absolute atomic E-state index is 0.0231. The van der Waals surface area contributed by atoms with E-state index in [2.05, 4.69) is 38.4 Å². The van der Waals surface area contributed by atoms with Crippen molar-refractivity contribution in [3.05, 3.63) is 77.4 Å². The normalized spacial score (nSPS) is 21.3. The van der Waals surface area contributed by atoms with Crippen LogP contribution in [0.15, 0.2) is 60.7 Å². The molecule has 3 aromatic rings. The van der Waals surface area contributed by atoms with E-state index in [0.29, 0.717) is 67.6 Å². The number of carbonyl (C=O) groups excluding carboxylic acids is 4. The third kappa shape index (κ3) is 9.75. The summed E-state index contributed by atoms with van der Waals surface area (Å²) in [5.74, 6) is -0.904. The number of aryl methyl sites for hydroxylation is 1. The Hall–Kier alpha value is -5.38. The Balaban J connectivity index is 1.03. The van der Waals surface area contributed by atoms with Crippen molar-refractivity contribution in [2.45, 2.75) is 69.3 Å². The molecule has 3 heterocycles. The molecule has 3 saturated heterocycles. The van der Waals surface area contributed by atoms with Crippen LogP contribution in [0.25, 0.3) is 0 Å². The third-order valence-electron chi connectivity index (χ3n) is 10.8. The average Bonchev–Trinajstić information content (AvgIpc) is 3.35. The molecule has 314 valence electrons. The number of nitrogens with one attached hydrogen (secondary N) is 3. The van der Waals surface area contributed by atoms with Crippen molar-refractivity contribution >= 4 is 59.0 Å². The molecule has 3 aromatic carbocycles. The van der Waals surface area contributed by atoms with Gasteiger partial charge in [-0.25, -0.2) is 0 Å². The standard InChI is InChI=1S/C41H46F4N8O5S/c1-25-23-50(15-16-51(25)24-36(55)48-29-6-4-5-28(20-29)47-33-10-12-35(54)49-37(33)56)17-18-58-34-11-9-31(19-26(34)13-14-42)53-39(59)52(38(57)40(53,2)3)30-8-7-27(22-46)32(21-30)41(43,44)45/h4-9,11,19-21,25,33,39,47,59H,10,12-18,23-24H2,1-3H3,(H,48,55)(H,49,54,56)/t25-,33?,39+/m1/s1. The zero-order chi connectivity index (χ0) is 42.6. The smallest absolute Gasteiger partial charge is 0.417 e. The maximum absolute atomic E-state index is 13.8. The molecule has 0 bridgehead atoms. The van der Waals surface area contributed by atoms with E-state index in [0.717, 1.165) is 17.0 Å². The van der Waals surface area contributed by atoms with Gasteiger partial charge in [0.25, 0.3) is 5.91 Å². The number of piperidine rings is 1. The van der Waals surface area contributed by atoms with Gasteiger partial charge in [-0.2, -0.15) is 18.4 Å². The maximum Gasteiger partial charge on any atom is 0.417 e. The molecule has 0 saturated carbocycles. The summed E-state index contributed by atoms with van der Waals surface area (Å²) in [6, 6.07) is 16.3. The fraction of sp³-hybridized carbons (Fsp3) is 0.439. The Labute approximate surface area is 345 Å². The highest BCUT2D eigenvalue weighted by Crippen LogP contribution is 2.43. The monoisotopic (exact) mass is 838 g/mol. The summed E-state index contributed by atoms with van der Waals surface area (Å²) in [6.45, 7) is 7.67. The van der Waals surface area contributed by atoms with Crippen molar-refractivity contribution in [2.24, 2.45) is 0 Å².